The molecular weight excluding hydrogens is 306 g/mol. The van der Waals surface area contributed by atoms with Crippen molar-refractivity contribution in [1.82, 2.24) is 20.1 Å². The summed E-state index contributed by atoms with van der Waals surface area (Å²) in [5.74, 6) is 1.29. The summed E-state index contributed by atoms with van der Waals surface area (Å²) in [6.45, 7) is 4.43. The maximum absolute atomic E-state index is 12.2. The molecule has 2 atom stereocenters. The highest BCUT2D eigenvalue weighted by molar-refractivity contribution is 5.79. The van der Waals surface area contributed by atoms with Crippen LogP contribution in [0.3, 0.4) is 0 Å². The van der Waals surface area contributed by atoms with Crippen molar-refractivity contribution in [2.24, 2.45) is 5.92 Å². The summed E-state index contributed by atoms with van der Waals surface area (Å²) in [5, 5.41) is 7.04. The maximum atomic E-state index is 12.2. The fourth-order valence-electron chi connectivity index (χ4n) is 2.97. The van der Waals surface area contributed by atoms with Crippen LogP contribution in [0.2, 0.25) is 0 Å². The van der Waals surface area contributed by atoms with Crippen LogP contribution in [0.4, 0.5) is 5.69 Å². The number of carbonyl (C=O) groups is 1. The number of rotatable bonds is 6. The molecule has 2 heterocycles. The molecule has 1 aliphatic heterocycles. The van der Waals surface area contributed by atoms with Gasteiger partial charge in [0.2, 0.25) is 5.91 Å². The van der Waals surface area contributed by atoms with E-state index in [-0.39, 0.29) is 11.9 Å². The van der Waals surface area contributed by atoms with Crippen molar-refractivity contribution < 1.29 is 9.53 Å². The molecule has 7 heteroatoms. The van der Waals surface area contributed by atoms with Gasteiger partial charge in [-0.05, 0) is 31.4 Å². The minimum absolute atomic E-state index is 0.0275. The van der Waals surface area contributed by atoms with Gasteiger partial charge < -0.3 is 15.0 Å². The minimum atomic E-state index is -0.344. The number of nitrogens with one attached hydrogen (secondary N) is 1. The highest BCUT2D eigenvalue weighted by Crippen LogP contribution is 2.26. The molecule has 1 amide bonds. The molecule has 1 aliphatic rings. The van der Waals surface area contributed by atoms with E-state index in [1.54, 1.807) is 18.1 Å². The molecule has 1 aromatic carbocycles. The van der Waals surface area contributed by atoms with E-state index in [9.17, 15) is 4.79 Å². The van der Waals surface area contributed by atoms with Gasteiger partial charge in [0.05, 0.1) is 7.11 Å². The number of hydrogen-bond donors (Lipinski definition) is 1. The topological polar surface area (TPSA) is 72.3 Å². The Labute approximate surface area is 141 Å². The van der Waals surface area contributed by atoms with Crippen molar-refractivity contribution in [3.63, 3.8) is 0 Å². The molecule has 2 aromatic rings. The Hall–Kier alpha value is -2.57. The number of carbonyl (C=O) groups excluding carboxylic acids is 1. The Morgan fingerprint density at radius 1 is 1.50 bits per heavy atom. The second kappa shape index (κ2) is 7.33. The van der Waals surface area contributed by atoms with E-state index in [0.29, 0.717) is 12.5 Å². The molecular formula is C17H23N5O2. The molecule has 1 fully saturated rings. The zero-order chi connectivity index (χ0) is 16.9. The molecule has 1 N–H and O–H groups in total. The van der Waals surface area contributed by atoms with Crippen LogP contribution in [0.25, 0.3) is 0 Å². The molecule has 1 saturated heterocycles. The SMILES string of the molecule is COc1cccc(N2CC[C@H](CNC(=O)[C@@H](C)n3cncn3)C2)c1. The molecule has 0 unspecified atom stereocenters. The van der Waals surface area contributed by atoms with Crippen molar-refractivity contribution in [3.05, 3.63) is 36.9 Å². The van der Waals surface area contributed by atoms with Crippen LogP contribution in [0.1, 0.15) is 19.4 Å². The third-order valence-corrected chi connectivity index (χ3v) is 4.48. The zero-order valence-corrected chi connectivity index (χ0v) is 14.1. The molecule has 0 aliphatic carbocycles. The van der Waals surface area contributed by atoms with Gasteiger partial charge in [0.25, 0.3) is 0 Å². The van der Waals surface area contributed by atoms with Crippen molar-refractivity contribution in [3.8, 4) is 5.75 Å². The number of ether oxygens (including phenoxy) is 1. The maximum Gasteiger partial charge on any atom is 0.244 e. The van der Waals surface area contributed by atoms with Crippen LogP contribution in [0.15, 0.2) is 36.9 Å². The fraction of sp³-hybridized carbons (Fsp3) is 0.471. The molecule has 0 bridgehead atoms. The Bertz CT molecular complexity index is 673. The first-order chi connectivity index (χ1) is 11.7. The Morgan fingerprint density at radius 3 is 3.12 bits per heavy atom. The quantitative estimate of drug-likeness (QED) is 0.869. The number of nitrogens with zero attached hydrogens (tertiary/aromatic N) is 4. The van der Waals surface area contributed by atoms with Gasteiger partial charge in [0.1, 0.15) is 24.4 Å². The third kappa shape index (κ3) is 3.67. The smallest absolute Gasteiger partial charge is 0.244 e. The summed E-state index contributed by atoms with van der Waals surface area (Å²) >= 11 is 0. The van der Waals surface area contributed by atoms with Gasteiger partial charge in [-0.25, -0.2) is 9.67 Å². The Kier molecular flexibility index (Phi) is 4.98. The van der Waals surface area contributed by atoms with Gasteiger partial charge in [0, 0.05) is 31.4 Å². The predicted octanol–water partition coefficient (Wildman–Crippen LogP) is 1.49. The zero-order valence-electron chi connectivity index (χ0n) is 14.1. The monoisotopic (exact) mass is 329 g/mol. The lowest BCUT2D eigenvalue weighted by Gasteiger charge is -2.20. The van der Waals surface area contributed by atoms with Crippen LogP contribution in [-0.2, 0) is 4.79 Å². The van der Waals surface area contributed by atoms with E-state index < -0.39 is 0 Å². The predicted molar refractivity (Wildman–Crippen MR) is 91.1 cm³/mol. The standard InChI is InChI=1S/C17H23N5O2/c1-13(22-12-18-11-20-22)17(23)19-9-14-6-7-21(10-14)15-4-3-5-16(8-15)24-2/h3-5,8,11-14H,6-7,9-10H2,1-2H3,(H,19,23)/t13-,14-/m1/s1. The van der Waals surface area contributed by atoms with Gasteiger partial charge in [0.15, 0.2) is 0 Å². The van der Waals surface area contributed by atoms with E-state index in [4.69, 9.17) is 4.74 Å². The molecule has 3 rings (SSSR count). The Morgan fingerprint density at radius 2 is 2.38 bits per heavy atom. The second-order valence-corrected chi connectivity index (χ2v) is 6.10. The average Bonchev–Trinajstić information content (AvgIpc) is 3.30. The number of methoxy groups -OCH3 is 1. The third-order valence-electron chi connectivity index (χ3n) is 4.48. The number of aromatic nitrogens is 3. The molecule has 24 heavy (non-hydrogen) atoms. The summed E-state index contributed by atoms with van der Waals surface area (Å²) in [5.41, 5.74) is 1.17. The van der Waals surface area contributed by atoms with Crippen molar-refractivity contribution in [1.29, 1.82) is 0 Å². The number of anilines is 1. The van der Waals surface area contributed by atoms with Crippen molar-refractivity contribution >= 4 is 11.6 Å². The lowest BCUT2D eigenvalue weighted by Crippen LogP contribution is -2.35. The number of hydrogen-bond acceptors (Lipinski definition) is 5. The van der Waals surface area contributed by atoms with Gasteiger partial charge in [-0.3, -0.25) is 4.79 Å². The summed E-state index contributed by atoms with van der Waals surface area (Å²) < 4.78 is 6.85. The minimum Gasteiger partial charge on any atom is -0.497 e. The molecule has 0 spiro atoms. The van der Waals surface area contributed by atoms with Gasteiger partial charge in [-0.1, -0.05) is 6.07 Å². The van der Waals surface area contributed by atoms with Crippen LogP contribution in [-0.4, -0.2) is 47.4 Å². The number of amides is 1. The lowest BCUT2D eigenvalue weighted by molar-refractivity contribution is -0.124. The van der Waals surface area contributed by atoms with E-state index in [2.05, 4.69) is 26.4 Å². The first-order valence-electron chi connectivity index (χ1n) is 8.18. The van der Waals surface area contributed by atoms with Crippen LogP contribution >= 0.6 is 0 Å². The highest BCUT2D eigenvalue weighted by atomic mass is 16.5. The number of benzene rings is 1. The van der Waals surface area contributed by atoms with Crippen molar-refractivity contribution in [2.45, 2.75) is 19.4 Å². The van der Waals surface area contributed by atoms with E-state index >= 15 is 0 Å². The van der Waals surface area contributed by atoms with E-state index in [1.807, 2.05) is 25.1 Å². The van der Waals surface area contributed by atoms with E-state index in [0.717, 1.165) is 25.3 Å². The first-order valence-corrected chi connectivity index (χ1v) is 8.18. The summed E-state index contributed by atoms with van der Waals surface area (Å²) in [4.78, 5) is 18.4. The summed E-state index contributed by atoms with van der Waals surface area (Å²) in [6.07, 6.45) is 4.06. The van der Waals surface area contributed by atoms with Gasteiger partial charge >= 0.3 is 0 Å². The largest absolute Gasteiger partial charge is 0.497 e. The van der Waals surface area contributed by atoms with Crippen LogP contribution in [0, 0.1) is 5.92 Å². The first kappa shape index (κ1) is 16.3. The summed E-state index contributed by atoms with van der Waals surface area (Å²) in [7, 11) is 1.68. The van der Waals surface area contributed by atoms with Gasteiger partial charge in [-0.15, -0.1) is 0 Å². The second-order valence-electron chi connectivity index (χ2n) is 6.10. The van der Waals surface area contributed by atoms with E-state index in [1.165, 1.54) is 12.0 Å². The molecule has 7 nitrogen and oxygen atoms in total. The normalized spacial score (nSPS) is 18.4. The van der Waals surface area contributed by atoms with Gasteiger partial charge in [-0.2, -0.15) is 5.10 Å². The average molecular weight is 329 g/mol. The van der Waals surface area contributed by atoms with Crippen LogP contribution < -0.4 is 15.0 Å². The Balaban J connectivity index is 1.50. The molecule has 0 saturated carbocycles. The molecule has 1 aromatic heterocycles. The summed E-state index contributed by atoms with van der Waals surface area (Å²) in [6, 6.07) is 7.75. The molecule has 128 valence electrons. The lowest BCUT2D eigenvalue weighted by atomic mass is 10.1. The van der Waals surface area contributed by atoms with Crippen LogP contribution in [0.5, 0.6) is 5.75 Å². The van der Waals surface area contributed by atoms with Crippen molar-refractivity contribution in [2.75, 3.05) is 31.6 Å². The molecule has 0 radical (unpaired) electrons. The fourth-order valence-corrected chi connectivity index (χ4v) is 2.97. The highest BCUT2D eigenvalue weighted by Gasteiger charge is 2.24.